The summed E-state index contributed by atoms with van der Waals surface area (Å²) in [6.07, 6.45) is 3.86. The van der Waals surface area contributed by atoms with Gasteiger partial charge in [0.15, 0.2) is 0 Å². The lowest BCUT2D eigenvalue weighted by atomic mass is 10.1. The van der Waals surface area contributed by atoms with Crippen molar-refractivity contribution < 1.29 is 9.53 Å². The summed E-state index contributed by atoms with van der Waals surface area (Å²) in [5, 5.41) is 5.04. The van der Waals surface area contributed by atoms with Crippen molar-refractivity contribution in [3.8, 4) is 5.75 Å². The van der Waals surface area contributed by atoms with Gasteiger partial charge in [0.05, 0.1) is 17.3 Å². The van der Waals surface area contributed by atoms with Gasteiger partial charge in [-0.1, -0.05) is 58.4 Å². The number of benzene rings is 3. The number of aromatic nitrogens is 1. The molecule has 0 atom stereocenters. The first-order chi connectivity index (χ1) is 16.2. The molecule has 1 heterocycles. The number of nitrogens with one attached hydrogen (secondary N) is 1. The summed E-state index contributed by atoms with van der Waals surface area (Å²) in [5.41, 5.74) is 6.94. The molecule has 0 aliphatic heterocycles. The van der Waals surface area contributed by atoms with Gasteiger partial charge in [-0.15, -0.1) is 0 Å². The minimum Gasteiger partial charge on any atom is -0.488 e. The van der Waals surface area contributed by atoms with Crippen LogP contribution in [0.5, 0.6) is 5.75 Å². The lowest BCUT2D eigenvalue weighted by Gasteiger charge is -2.10. The number of amides is 1. The van der Waals surface area contributed by atoms with Gasteiger partial charge in [-0.3, -0.25) is 9.78 Å². The van der Waals surface area contributed by atoms with E-state index in [0.29, 0.717) is 23.8 Å². The Balaban J connectivity index is 1.31. The number of nitrogens with zero attached hydrogens (tertiary/aromatic N) is 2. The van der Waals surface area contributed by atoms with Crippen LogP contribution in [0.1, 0.15) is 45.9 Å². The predicted molar refractivity (Wildman–Crippen MR) is 134 cm³/mol. The Morgan fingerprint density at radius 3 is 2.64 bits per heavy atom. The summed E-state index contributed by atoms with van der Waals surface area (Å²) in [6, 6.07) is 25.2. The molecule has 5 rings (SSSR count). The van der Waals surface area contributed by atoms with Crippen LogP contribution in [0, 0.1) is 0 Å². The van der Waals surface area contributed by atoms with E-state index in [1.807, 2.05) is 78.9 Å². The minimum absolute atomic E-state index is 0.250. The van der Waals surface area contributed by atoms with E-state index in [1.54, 1.807) is 6.21 Å². The Morgan fingerprint density at radius 2 is 1.82 bits per heavy atom. The van der Waals surface area contributed by atoms with Crippen LogP contribution in [0.4, 0.5) is 0 Å². The van der Waals surface area contributed by atoms with Crippen LogP contribution in [-0.2, 0) is 6.61 Å². The molecule has 164 valence electrons. The van der Waals surface area contributed by atoms with Gasteiger partial charge in [0.25, 0.3) is 5.91 Å². The second-order valence-electron chi connectivity index (χ2n) is 8.04. The van der Waals surface area contributed by atoms with Crippen LogP contribution < -0.4 is 10.2 Å². The molecule has 1 N–H and O–H groups in total. The molecule has 1 aromatic heterocycles. The first-order valence-corrected chi connectivity index (χ1v) is 11.7. The van der Waals surface area contributed by atoms with Crippen LogP contribution in [0.15, 0.2) is 88.4 Å². The first-order valence-electron chi connectivity index (χ1n) is 10.9. The first kappa shape index (κ1) is 21.3. The summed E-state index contributed by atoms with van der Waals surface area (Å²) in [4.78, 5) is 17.7. The molecular formula is C27H22BrN3O2. The van der Waals surface area contributed by atoms with E-state index in [9.17, 15) is 4.79 Å². The van der Waals surface area contributed by atoms with E-state index in [0.717, 1.165) is 45.0 Å². The van der Waals surface area contributed by atoms with Gasteiger partial charge >= 0.3 is 0 Å². The SMILES string of the molecule is O=C(NN=Cc1ccccc1OCc1ccc(Br)cc1)c1cc(C2CC2)nc2ccccc12. The van der Waals surface area contributed by atoms with E-state index in [4.69, 9.17) is 9.72 Å². The number of hydrazone groups is 1. The highest BCUT2D eigenvalue weighted by atomic mass is 79.9. The number of para-hydroxylation sites is 2. The zero-order chi connectivity index (χ0) is 22.6. The molecule has 33 heavy (non-hydrogen) atoms. The highest BCUT2D eigenvalue weighted by Gasteiger charge is 2.26. The third-order valence-corrected chi connectivity index (χ3v) is 6.10. The van der Waals surface area contributed by atoms with Crippen molar-refractivity contribution in [1.82, 2.24) is 10.4 Å². The fraction of sp³-hybridized carbons (Fsp3) is 0.148. The largest absolute Gasteiger partial charge is 0.488 e. The third kappa shape index (κ3) is 5.12. The summed E-state index contributed by atoms with van der Waals surface area (Å²) in [6.45, 7) is 0.442. The number of ether oxygens (including phenoxy) is 1. The molecule has 0 bridgehead atoms. The average molecular weight is 500 g/mol. The summed E-state index contributed by atoms with van der Waals surface area (Å²) in [5.74, 6) is 0.906. The number of carbonyl (C=O) groups is 1. The molecule has 0 radical (unpaired) electrons. The van der Waals surface area contributed by atoms with Gasteiger partial charge in [-0.05, 0) is 54.8 Å². The molecule has 1 fully saturated rings. The highest BCUT2D eigenvalue weighted by Crippen LogP contribution is 2.40. The van der Waals surface area contributed by atoms with Crippen molar-refractivity contribution in [1.29, 1.82) is 0 Å². The van der Waals surface area contributed by atoms with E-state index >= 15 is 0 Å². The van der Waals surface area contributed by atoms with E-state index in [-0.39, 0.29) is 5.91 Å². The fourth-order valence-corrected chi connectivity index (χ4v) is 3.92. The van der Waals surface area contributed by atoms with Crippen molar-refractivity contribution in [2.45, 2.75) is 25.4 Å². The molecule has 0 spiro atoms. The molecule has 0 unspecified atom stereocenters. The molecule has 4 aromatic rings. The van der Waals surface area contributed by atoms with Crippen molar-refractivity contribution in [2.24, 2.45) is 5.10 Å². The molecule has 6 heteroatoms. The van der Waals surface area contributed by atoms with Gasteiger partial charge in [0.1, 0.15) is 12.4 Å². The number of pyridine rings is 1. The third-order valence-electron chi connectivity index (χ3n) is 5.57. The molecule has 0 saturated heterocycles. The van der Waals surface area contributed by atoms with Crippen molar-refractivity contribution >= 4 is 39.0 Å². The van der Waals surface area contributed by atoms with E-state index in [2.05, 4.69) is 26.5 Å². The second-order valence-corrected chi connectivity index (χ2v) is 8.95. The summed E-state index contributed by atoms with van der Waals surface area (Å²) in [7, 11) is 0. The smallest absolute Gasteiger partial charge is 0.272 e. The molecule has 1 aliphatic carbocycles. The highest BCUT2D eigenvalue weighted by molar-refractivity contribution is 9.10. The number of carbonyl (C=O) groups excluding carboxylic acids is 1. The number of fused-ring (bicyclic) bond motifs is 1. The Kier molecular flexibility index (Phi) is 6.17. The second kappa shape index (κ2) is 9.55. The van der Waals surface area contributed by atoms with E-state index in [1.165, 1.54) is 0 Å². The minimum atomic E-state index is -0.250. The fourth-order valence-electron chi connectivity index (χ4n) is 3.65. The van der Waals surface area contributed by atoms with Gasteiger partial charge in [-0.25, -0.2) is 5.43 Å². The molecule has 1 saturated carbocycles. The Labute approximate surface area is 200 Å². The quantitative estimate of drug-likeness (QED) is 0.242. The average Bonchev–Trinajstić information content (AvgIpc) is 3.69. The van der Waals surface area contributed by atoms with Crippen LogP contribution in [0.3, 0.4) is 0 Å². The lowest BCUT2D eigenvalue weighted by molar-refractivity contribution is 0.0956. The van der Waals surface area contributed by atoms with E-state index < -0.39 is 0 Å². The Bertz CT molecular complexity index is 1330. The number of hydrogen-bond acceptors (Lipinski definition) is 4. The van der Waals surface area contributed by atoms with Crippen LogP contribution in [0.25, 0.3) is 10.9 Å². The van der Waals surface area contributed by atoms with Crippen molar-refractivity contribution in [3.05, 3.63) is 106 Å². The molecule has 5 nitrogen and oxygen atoms in total. The maximum Gasteiger partial charge on any atom is 0.272 e. The Morgan fingerprint density at radius 1 is 1.06 bits per heavy atom. The predicted octanol–water partition coefficient (Wildman–Crippen LogP) is 6.22. The van der Waals surface area contributed by atoms with Crippen molar-refractivity contribution in [3.63, 3.8) is 0 Å². The maximum absolute atomic E-state index is 13.0. The zero-order valence-electron chi connectivity index (χ0n) is 17.9. The van der Waals surface area contributed by atoms with Crippen molar-refractivity contribution in [2.75, 3.05) is 0 Å². The Hall–Kier alpha value is -3.51. The summed E-state index contributed by atoms with van der Waals surface area (Å²) < 4.78 is 7.01. The van der Waals surface area contributed by atoms with Crippen LogP contribution in [0.2, 0.25) is 0 Å². The number of rotatable bonds is 7. The lowest BCUT2D eigenvalue weighted by Crippen LogP contribution is -2.18. The van der Waals surface area contributed by atoms with Gasteiger partial charge in [-0.2, -0.15) is 5.10 Å². The maximum atomic E-state index is 13.0. The summed E-state index contributed by atoms with van der Waals surface area (Å²) >= 11 is 3.44. The topological polar surface area (TPSA) is 63.6 Å². The molecular weight excluding hydrogens is 478 g/mol. The van der Waals surface area contributed by atoms with Gasteiger partial charge in [0, 0.05) is 27.0 Å². The zero-order valence-corrected chi connectivity index (χ0v) is 19.5. The number of halogens is 1. The van der Waals surface area contributed by atoms with Crippen LogP contribution in [-0.4, -0.2) is 17.1 Å². The standard InChI is InChI=1S/C27H22BrN3O2/c28-21-13-9-18(10-14-21)17-33-26-8-4-1-5-20(26)16-29-31-27(32)23-15-25(19-11-12-19)30-24-7-3-2-6-22(23)24/h1-10,13-16,19H,11-12,17H2,(H,31,32). The van der Waals surface area contributed by atoms with Gasteiger partial charge < -0.3 is 4.74 Å². The van der Waals surface area contributed by atoms with Crippen LogP contribution >= 0.6 is 15.9 Å². The molecule has 1 aliphatic rings. The number of hydrogen-bond donors (Lipinski definition) is 1. The molecule has 1 amide bonds. The monoisotopic (exact) mass is 499 g/mol. The molecule has 3 aromatic carbocycles. The normalized spacial score (nSPS) is 13.4. The van der Waals surface area contributed by atoms with Gasteiger partial charge in [0.2, 0.25) is 0 Å².